The molecule has 3 N–H and O–H groups in total. The van der Waals surface area contributed by atoms with E-state index in [1.165, 1.54) is 4.90 Å². The first-order valence-corrected chi connectivity index (χ1v) is 19.8. The van der Waals surface area contributed by atoms with Crippen molar-refractivity contribution in [2.45, 2.75) is 109 Å². The van der Waals surface area contributed by atoms with Crippen LogP contribution in [0.15, 0.2) is 54.7 Å². The summed E-state index contributed by atoms with van der Waals surface area (Å²) < 4.78 is 7.97. The number of nitrogens with zero attached hydrogens (tertiary/aromatic N) is 8. The lowest BCUT2D eigenvalue weighted by Gasteiger charge is -2.34. The fourth-order valence-electron chi connectivity index (χ4n) is 7.41. The minimum atomic E-state index is -0.938. The second-order valence-electron chi connectivity index (χ2n) is 15.1. The van der Waals surface area contributed by atoms with Crippen molar-refractivity contribution in [3.8, 4) is 17.1 Å². The average Bonchev–Trinajstić information content (AvgIpc) is 4.01. The molecule has 56 heavy (non-hydrogen) atoms. The summed E-state index contributed by atoms with van der Waals surface area (Å²) in [7, 11) is 1.65. The smallest absolute Gasteiger partial charge is 0.255 e. The Balaban J connectivity index is 1.29. The van der Waals surface area contributed by atoms with Gasteiger partial charge in [-0.3, -0.25) is 23.9 Å². The molecular weight excluding hydrogens is 715 g/mol. The predicted molar refractivity (Wildman–Crippen MR) is 207 cm³/mol. The molecule has 2 aliphatic rings. The molecule has 1 fully saturated rings. The number of amides is 4. The molecule has 0 radical (unpaired) electrons. The van der Waals surface area contributed by atoms with E-state index in [0.29, 0.717) is 55.9 Å². The maximum Gasteiger partial charge on any atom is 0.255 e. The van der Waals surface area contributed by atoms with Crippen LogP contribution in [0.4, 0.5) is 0 Å². The Morgan fingerprint density at radius 2 is 1.68 bits per heavy atom. The summed E-state index contributed by atoms with van der Waals surface area (Å²) >= 11 is 0. The Bertz CT molecular complexity index is 1920. The highest BCUT2D eigenvalue weighted by Gasteiger charge is 2.41. The van der Waals surface area contributed by atoms with Crippen molar-refractivity contribution in [1.29, 1.82) is 0 Å². The molecule has 1 saturated heterocycles. The van der Waals surface area contributed by atoms with E-state index < -0.39 is 24.0 Å². The molecule has 6 rings (SSSR count). The van der Waals surface area contributed by atoms with Gasteiger partial charge in [0, 0.05) is 38.7 Å². The number of benzene rings is 2. The topological polar surface area (TPSA) is 193 Å². The van der Waals surface area contributed by atoms with Crippen LogP contribution in [-0.2, 0) is 34.0 Å². The number of hydrogen-bond acceptors (Lipinski definition) is 10. The molecule has 0 aliphatic carbocycles. The summed E-state index contributed by atoms with van der Waals surface area (Å²) in [5.41, 5.74) is 2.27. The maximum absolute atomic E-state index is 14.5. The summed E-state index contributed by atoms with van der Waals surface area (Å²) in [5, 5.41) is 28.7. The minimum Gasteiger partial charge on any atom is -0.486 e. The number of rotatable bonds is 5. The van der Waals surface area contributed by atoms with E-state index in [-0.39, 0.29) is 41.6 Å². The molecule has 0 spiro atoms. The van der Waals surface area contributed by atoms with Gasteiger partial charge < -0.3 is 25.2 Å². The Kier molecular flexibility index (Phi) is 13.8. The average molecular weight is 768 g/mol. The van der Waals surface area contributed by atoms with E-state index in [4.69, 9.17) is 4.74 Å². The number of H-pyrrole nitrogens is 1. The van der Waals surface area contributed by atoms with E-state index in [0.717, 1.165) is 50.6 Å². The van der Waals surface area contributed by atoms with Crippen LogP contribution in [0.3, 0.4) is 0 Å². The molecule has 4 aromatic rings. The number of ether oxygens (including phenoxy) is 1. The Morgan fingerprint density at radius 3 is 2.45 bits per heavy atom. The van der Waals surface area contributed by atoms with Gasteiger partial charge >= 0.3 is 0 Å². The quantitative estimate of drug-likeness (QED) is 0.270. The van der Waals surface area contributed by atoms with Crippen molar-refractivity contribution in [2.24, 2.45) is 5.92 Å². The number of tetrazole rings is 1. The SMILES string of the molecule is CC(C)C[C@H]1NC(=O)c2cc(-c3nnn[nH]3)ccc2OCc2cn(nn2)CCCCCCCCNC(=O)[C@H](Cc2ccccc2)N(C)C(=O)[C@H]2CCCN2C1=O. The van der Waals surface area contributed by atoms with Gasteiger partial charge in [-0.25, -0.2) is 5.10 Å². The van der Waals surface area contributed by atoms with Gasteiger partial charge in [0.1, 0.15) is 36.2 Å². The first-order chi connectivity index (χ1) is 27.2. The lowest BCUT2D eigenvalue weighted by atomic mass is 10.0. The number of fused-ring (bicyclic) bond motifs is 4. The van der Waals surface area contributed by atoms with Crippen LogP contribution in [0, 0.1) is 5.92 Å². The molecule has 2 aromatic heterocycles. The molecule has 16 heteroatoms. The lowest BCUT2D eigenvalue weighted by Crippen LogP contribution is -2.57. The van der Waals surface area contributed by atoms with Crippen LogP contribution < -0.4 is 15.4 Å². The fourth-order valence-corrected chi connectivity index (χ4v) is 7.41. The number of aromatic amines is 1. The van der Waals surface area contributed by atoms with E-state index in [1.54, 1.807) is 34.8 Å². The zero-order valence-electron chi connectivity index (χ0n) is 32.5. The highest BCUT2D eigenvalue weighted by atomic mass is 16.5. The molecule has 4 heterocycles. The molecular formula is C40H53N11O5. The Hall–Kier alpha value is -5.67. The Labute approximate surface area is 327 Å². The van der Waals surface area contributed by atoms with Crippen LogP contribution in [0.25, 0.3) is 11.4 Å². The van der Waals surface area contributed by atoms with Crippen molar-refractivity contribution in [2.75, 3.05) is 20.1 Å². The summed E-state index contributed by atoms with van der Waals surface area (Å²) in [4.78, 5) is 59.9. The third kappa shape index (κ3) is 10.3. The lowest BCUT2D eigenvalue weighted by molar-refractivity contribution is -0.147. The monoisotopic (exact) mass is 767 g/mol. The van der Waals surface area contributed by atoms with E-state index >= 15 is 0 Å². The predicted octanol–water partition coefficient (Wildman–Crippen LogP) is 3.71. The van der Waals surface area contributed by atoms with Crippen LogP contribution in [-0.4, -0.2) is 107 Å². The highest BCUT2D eigenvalue weighted by molar-refractivity contribution is 6.01. The zero-order valence-corrected chi connectivity index (χ0v) is 32.5. The molecule has 3 atom stereocenters. The second kappa shape index (κ2) is 19.3. The van der Waals surface area contributed by atoms with E-state index in [9.17, 15) is 19.2 Å². The van der Waals surface area contributed by atoms with Gasteiger partial charge in [0.05, 0.1) is 11.8 Å². The molecule has 298 valence electrons. The maximum atomic E-state index is 14.5. The first-order valence-electron chi connectivity index (χ1n) is 19.8. The molecule has 0 saturated carbocycles. The third-order valence-corrected chi connectivity index (χ3v) is 10.4. The molecule has 16 nitrogen and oxygen atoms in total. The number of aromatic nitrogens is 7. The molecule has 2 aliphatic heterocycles. The van der Waals surface area contributed by atoms with Gasteiger partial charge in [-0.2, -0.15) is 0 Å². The summed E-state index contributed by atoms with van der Waals surface area (Å²) in [6.45, 7) is 5.61. The Morgan fingerprint density at radius 1 is 0.893 bits per heavy atom. The van der Waals surface area contributed by atoms with Crippen LogP contribution in [0.1, 0.15) is 93.3 Å². The third-order valence-electron chi connectivity index (χ3n) is 10.4. The van der Waals surface area contributed by atoms with Gasteiger partial charge in [-0.05, 0) is 72.2 Å². The second-order valence-corrected chi connectivity index (χ2v) is 15.1. The van der Waals surface area contributed by atoms with Gasteiger partial charge in [0.25, 0.3) is 5.91 Å². The standard InChI is InChI=1S/C40H53N11O5/c1-27(2)22-32-39(54)51-21-13-16-33(51)40(55)49(3)34(23-28-14-9-8-10-15-28)38(53)41-19-11-6-4-5-7-12-20-50-25-30(43-48-50)26-56-35-18-17-29(36-44-46-47-45-36)24-31(35)37(52)42-32/h8-10,14-15,17-18,24-25,27,32-34H,4-7,11-13,16,19-23,26H2,1-3H3,(H,41,53)(H,42,52)(H,44,45,46,47)/t32-,33-,34+/m1/s1. The van der Waals surface area contributed by atoms with Crippen LogP contribution in [0.5, 0.6) is 5.75 Å². The van der Waals surface area contributed by atoms with Crippen molar-refractivity contribution >= 4 is 23.6 Å². The molecule has 2 bridgehead atoms. The van der Waals surface area contributed by atoms with E-state index in [1.807, 2.05) is 50.4 Å². The van der Waals surface area contributed by atoms with Gasteiger partial charge in [-0.1, -0.05) is 75.1 Å². The van der Waals surface area contributed by atoms with Gasteiger partial charge in [0.15, 0.2) is 5.82 Å². The van der Waals surface area contributed by atoms with Crippen LogP contribution >= 0.6 is 0 Å². The van der Waals surface area contributed by atoms with Gasteiger partial charge in [-0.15, -0.1) is 10.2 Å². The van der Waals surface area contributed by atoms with Gasteiger partial charge in [0.2, 0.25) is 17.7 Å². The van der Waals surface area contributed by atoms with Crippen molar-refractivity contribution < 1.29 is 23.9 Å². The minimum absolute atomic E-state index is 0.0351. The fraction of sp³-hybridized carbons (Fsp3) is 0.525. The molecule has 0 unspecified atom stereocenters. The number of nitrogens with one attached hydrogen (secondary N) is 3. The van der Waals surface area contributed by atoms with E-state index in [2.05, 4.69) is 41.6 Å². The molecule has 2 aromatic carbocycles. The van der Waals surface area contributed by atoms with Crippen LogP contribution in [0.2, 0.25) is 0 Å². The summed E-state index contributed by atoms with van der Waals surface area (Å²) in [5.74, 6) is -0.730. The summed E-state index contributed by atoms with van der Waals surface area (Å²) in [6.07, 6.45) is 9.48. The summed E-state index contributed by atoms with van der Waals surface area (Å²) in [6, 6.07) is 12.2. The van der Waals surface area contributed by atoms with Crippen molar-refractivity contribution in [1.82, 2.24) is 56.1 Å². The number of hydrogen-bond donors (Lipinski definition) is 3. The first kappa shape index (κ1) is 40.0. The number of likely N-dealkylation sites (N-methyl/N-ethyl adjacent to an activating group) is 1. The van der Waals surface area contributed by atoms with Crippen molar-refractivity contribution in [3.63, 3.8) is 0 Å². The highest BCUT2D eigenvalue weighted by Crippen LogP contribution is 2.27. The normalized spacial score (nSPS) is 21.2. The largest absolute Gasteiger partial charge is 0.486 e. The number of aryl methyl sites for hydroxylation is 1. The van der Waals surface area contributed by atoms with Crippen molar-refractivity contribution in [3.05, 3.63) is 71.5 Å². The zero-order chi connectivity index (χ0) is 39.4. The number of carbonyl (C=O) groups is 4. The number of carbonyl (C=O) groups excluding carboxylic acids is 4. The molecule has 4 amide bonds.